The number of esters is 1. The lowest BCUT2D eigenvalue weighted by molar-refractivity contribution is -0.154. The standard InChI is InChI=1S/C19H25N3O4.C12H19N3O4/c1-21-12-13-22(18(21)25)17(24)20-19(10-6-3-7-11-19)16(23)26-14-15-8-4-2-5-9-15;1-14-7-8-15(11(14)19)10(18)13-12(9(16)17)5-3-2-4-6-12/h2,4-5,8-9H,3,6-7,10-14H2,1H3,(H,20,24);2-8H2,1H3,(H,13,18)(H,16,17). The van der Waals surface area contributed by atoms with E-state index in [0.717, 1.165) is 53.9 Å². The van der Waals surface area contributed by atoms with Crippen LogP contribution >= 0.6 is 0 Å². The van der Waals surface area contributed by atoms with Crippen LogP contribution in [0.5, 0.6) is 0 Å². The summed E-state index contributed by atoms with van der Waals surface area (Å²) in [6.45, 7) is 1.78. The summed E-state index contributed by atoms with van der Waals surface area (Å²) in [7, 11) is 3.27. The number of carbonyl (C=O) groups is 6. The first-order valence-corrected chi connectivity index (χ1v) is 15.6. The molecule has 3 N–H and O–H groups in total. The number of amides is 8. The molecule has 4 fully saturated rings. The van der Waals surface area contributed by atoms with Crippen molar-refractivity contribution >= 4 is 36.1 Å². The number of carbonyl (C=O) groups excluding carboxylic acids is 5. The minimum atomic E-state index is -1.21. The molecule has 2 aliphatic heterocycles. The van der Waals surface area contributed by atoms with Gasteiger partial charge < -0.3 is 30.3 Å². The van der Waals surface area contributed by atoms with Crippen LogP contribution in [0.25, 0.3) is 0 Å². The highest BCUT2D eigenvalue weighted by atomic mass is 16.5. The van der Waals surface area contributed by atoms with E-state index in [1.54, 1.807) is 14.1 Å². The van der Waals surface area contributed by atoms with Crippen LogP contribution in [-0.2, 0) is 20.9 Å². The Balaban J connectivity index is 0.000000215. The maximum Gasteiger partial charge on any atom is 0.332 e. The molecule has 0 bridgehead atoms. The predicted molar refractivity (Wildman–Crippen MR) is 162 cm³/mol. The van der Waals surface area contributed by atoms with Gasteiger partial charge in [-0.15, -0.1) is 0 Å². The molecule has 2 aliphatic carbocycles. The number of nitrogens with one attached hydrogen (secondary N) is 2. The smallest absolute Gasteiger partial charge is 0.332 e. The monoisotopic (exact) mass is 628 g/mol. The summed E-state index contributed by atoms with van der Waals surface area (Å²) in [5, 5.41) is 14.8. The van der Waals surface area contributed by atoms with Crippen molar-refractivity contribution in [2.45, 2.75) is 81.9 Å². The number of carboxylic acid groups (broad SMARTS) is 1. The van der Waals surface area contributed by atoms with Crippen molar-refractivity contribution in [1.29, 1.82) is 0 Å². The Morgan fingerprint density at radius 2 is 1.16 bits per heavy atom. The van der Waals surface area contributed by atoms with Crippen LogP contribution in [0.15, 0.2) is 30.3 Å². The number of urea groups is 4. The number of rotatable bonds is 6. The minimum Gasteiger partial charge on any atom is -0.480 e. The van der Waals surface area contributed by atoms with Gasteiger partial charge in [-0.25, -0.2) is 38.6 Å². The van der Waals surface area contributed by atoms with Gasteiger partial charge in [-0.2, -0.15) is 0 Å². The minimum absolute atomic E-state index is 0.169. The molecule has 14 nitrogen and oxygen atoms in total. The molecule has 1 aromatic rings. The van der Waals surface area contributed by atoms with Gasteiger partial charge in [0.25, 0.3) is 0 Å². The quantitative estimate of drug-likeness (QED) is 0.403. The molecule has 0 atom stereocenters. The highest BCUT2D eigenvalue weighted by Crippen LogP contribution is 2.31. The molecule has 246 valence electrons. The Morgan fingerprint density at radius 3 is 1.58 bits per heavy atom. The summed E-state index contributed by atoms with van der Waals surface area (Å²) in [6, 6.07) is 7.61. The fourth-order valence-electron chi connectivity index (χ4n) is 6.16. The van der Waals surface area contributed by atoms with E-state index in [1.807, 2.05) is 30.3 Å². The Hall–Kier alpha value is -4.36. The van der Waals surface area contributed by atoms with Gasteiger partial charge in [0, 0.05) is 40.3 Å². The first-order chi connectivity index (χ1) is 21.5. The third-order valence-corrected chi connectivity index (χ3v) is 9.04. The van der Waals surface area contributed by atoms with E-state index in [2.05, 4.69) is 10.6 Å². The Labute approximate surface area is 263 Å². The second-order valence-electron chi connectivity index (χ2n) is 12.2. The first-order valence-electron chi connectivity index (χ1n) is 15.6. The van der Waals surface area contributed by atoms with Crippen molar-refractivity contribution in [2.75, 3.05) is 40.3 Å². The van der Waals surface area contributed by atoms with E-state index < -0.39 is 35.1 Å². The topological polar surface area (TPSA) is 169 Å². The Kier molecular flexibility index (Phi) is 10.9. The van der Waals surface area contributed by atoms with Gasteiger partial charge in [-0.3, -0.25) is 0 Å². The Morgan fingerprint density at radius 1 is 0.711 bits per heavy atom. The highest BCUT2D eigenvalue weighted by molar-refractivity contribution is 5.98. The maximum atomic E-state index is 12.8. The predicted octanol–water partition coefficient (Wildman–Crippen LogP) is 3.36. The fourth-order valence-corrected chi connectivity index (χ4v) is 6.16. The summed E-state index contributed by atoms with van der Waals surface area (Å²) < 4.78 is 5.51. The zero-order chi connectivity index (χ0) is 32.6. The van der Waals surface area contributed by atoms with Crippen LogP contribution < -0.4 is 10.6 Å². The van der Waals surface area contributed by atoms with E-state index in [-0.39, 0.29) is 18.7 Å². The van der Waals surface area contributed by atoms with Crippen LogP contribution in [0.2, 0.25) is 0 Å². The molecule has 2 heterocycles. The number of ether oxygens (including phenoxy) is 1. The normalized spacial score (nSPS) is 20.7. The van der Waals surface area contributed by atoms with Crippen LogP contribution in [0, 0.1) is 0 Å². The summed E-state index contributed by atoms with van der Waals surface area (Å²) in [5.41, 5.74) is -1.36. The van der Waals surface area contributed by atoms with Gasteiger partial charge in [0.1, 0.15) is 17.7 Å². The van der Waals surface area contributed by atoms with Crippen LogP contribution in [0.3, 0.4) is 0 Å². The van der Waals surface area contributed by atoms with Crippen LogP contribution in [-0.4, -0.2) is 112 Å². The van der Waals surface area contributed by atoms with E-state index in [0.29, 0.717) is 51.9 Å². The summed E-state index contributed by atoms with van der Waals surface area (Å²) in [5.74, 6) is -1.44. The summed E-state index contributed by atoms with van der Waals surface area (Å²) in [4.78, 5) is 77.9. The van der Waals surface area contributed by atoms with Gasteiger partial charge in [-0.1, -0.05) is 68.9 Å². The average Bonchev–Trinajstić information content (AvgIpc) is 3.56. The van der Waals surface area contributed by atoms with E-state index in [9.17, 15) is 33.9 Å². The van der Waals surface area contributed by atoms with E-state index in [1.165, 1.54) is 9.80 Å². The zero-order valence-corrected chi connectivity index (χ0v) is 26.1. The SMILES string of the molecule is CN1CCN(C(=O)NC2(C(=O)O)CCCCC2)C1=O.CN1CCN(C(=O)NC2(C(=O)OCc3ccccc3)CCCCC2)C1=O. The second kappa shape index (κ2) is 14.6. The molecule has 8 amide bonds. The molecule has 1 aromatic carbocycles. The molecular weight excluding hydrogens is 584 g/mol. The number of hydrogen-bond donors (Lipinski definition) is 3. The van der Waals surface area contributed by atoms with E-state index in [4.69, 9.17) is 4.74 Å². The van der Waals surface area contributed by atoms with Crippen LogP contribution in [0.1, 0.15) is 69.8 Å². The van der Waals surface area contributed by atoms with Gasteiger partial charge in [0.15, 0.2) is 0 Å². The first kappa shape index (κ1) is 33.5. The summed E-state index contributed by atoms with van der Waals surface area (Å²) in [6.07, 6.45) is 7.15. The third kappa shape index (κ3) is 7.84. The van der Waals surface area contributed by atoms with E-state index >= 15 is 0 Å². The van der Waals surface area contributed by atoms with Crippen molar-refractivity contribution < 1.29 is 38.6 Å². The summed E-state index contributed by atoms with van der Waals surface area (Å²) >= 11 is 0. The van der Waals surface area contributed by atoms with Gasteiger partial charge in [0.2, 0.25) is 0 Å². The lowest BCUT2D eigenvalue weighted by atomic mass is 9.81. The van der Waals surface area contributed by atoms with Crippen molar-refractivity contribution in [3.63, 3.8) is 0 Å². The number of imide groups is 2. The number of benzene rings is 1. The molecule has 4 aliphatic rings. The Bertz CT molecular complexity index is 1260. The second-order valence-corrected chi connectivity index (χ2v) is 12.2. The number of likely N-dealkylation sites (N-methyl/N-ethyl adjacent to an activating group) is 2. The van der Waals surface area contributed by atoms with Crippen molar-refractivity contribution in [3.8, 4) is 0 Å². The van der Waals surface area contributed by atoms with Crippen molar-refractivity contribution in [2.24, 2.45) is 0 Å². The number of hydrogen-bond acceptors (Lipinski definition) is 7. The molecule has 0 radical (unpaired) electrons. The average molecular weight is 629 g/mol. The van der Waals surface area contributed by atoms with Gasteiger partial charge in [0.05, 0.1) is 0 Å². The number of aliphatic carboxylic acids is 1. The van der Waals surface area contributed by atoms with Crippen molar-refractivity contribution in [1.82, 2.24) is 30.2 Å². The molecule has 45 heavy (non-hydrogen) atoms. The lowest BCUT2D eigenvalue weighted by Gasteiger charge is -2.36. The third-order valence-electron chi connectivity index (χ3n) is 9.04. The number of carboxylic acids is 1. The molecule has 0 spiro atoms. The van der Waals surface area contributed by atoms with Gasteiger partial charge >= 0.3 is 36.1 Å². The molecule has 2 saturated carbocycles. The van der Waals surface area contributed by atoms with Crippen LogP contribution in [0.4, 0.5) is 19.2 Å². The molecule has 2 saturated heterocycles. The fraction of sp³-hybridized carbons (Fsp3) is 0.613. The lowest BCUT2D eigenvalue weighted by Crippen LogP contribution is -2.59. The maximum absolute atomic E-state index is 12.8. The zero-order valence-electron chi connectivity index (χ0n) is 26.1. The molecule has 5 rings (SSSR count). The van der Waals surface area contributed by atoms with Crippen molar-refractivity contribution in [3.05, 3.63) is 35.9 Å². The molecule has 14 heteroatoms. The number of nitrogens with zero attached hydrogens (tertiary/aromatic N) is 4. The molecule has 0 aromatic heterocycles. The van der Waals surface area contributed by atoms with Gasteiger partial charge in [-0.05, 0) is 31.2 Å². The highest BCUT2D eigenvalue weighted by Gasteiger charge is 2.45. The molecule has 0 unspecified atom stereocenters. The molecular formula is C31H44N6O8. The largest absolute Gasteiger partial charge is 0.480 e.